The van der Waals surface area contributed by atoms with Gasteiger partial charge < -0.3 is 9.84 Å². The summed E-state index contributed by atoms with van der Waals surface area (Å²) in [6.45, 7) is 1.87. The molecule has 0 aromatic carbocycles. The standard InChI is InChI=1S/C8H12O3/c1-7(11-2)5-3-4-6-8(9)10/h3-7H,1-2H3,(H,9,10)/b5-3+,6-4+. The fraction of sp³-hybridized carbons (Fsp3) is 0.375. The Bertz CT molecular complexity index is 170. The van der Waals surface area contributed by atoms with E-state index in [0.717, 1.165) is 6.08 Å². The van der Waals surface area contributed by atoms with Gasteiger partial charge in [-0.1, -0.05) is 18.2 Å². The highest BCUT2D eigenvalue weighted by molar-refractivity contribution is 5.80. The van der Waals surface area contributed by atoms with E-state index in [-0.39, 0.29) is 6.10 Å². The molecule has 1 N–H and O–H groups in total. The Balaban J connectivity index is 3.67. The molecule has 0 aromatic heterocycles. The number of allylic oxidation sites excluding steroid dienone is 2. The topological polar surface area (TPSA) is 46.5 Å². The number of rotatable bonds is 4. The van der Waals surface area contributed by atoms with Crippen LogP contribution in [0, 0.1) is 0 Å². The molecule has 0 fully saturated rings. The summed E-state index contributed by atoms with van der Waals surface area (Å²) in [6.07, 6.45) is 5.95. The lowest BCUT2D eigenvalue weighted by Crippen LogP contribution is -1.98. The molecule has 0 amide bonds. The third kappa shape index (κ3) is 6.80. The van der Waals surface area contributed by atoms with Crippen molar-refractivity contribution in [3.8, 4) is 0 Å². The Hall–Kier alpha value is -1.09. The number of hydrogen-bond donors (Lipinski definition) is 1. The highest BCUT2D eigenvalue weighted by Crippen LogP contribution is 1.89. The molecule has 0 radical (unpaired) electrons. The van der Waals surface area contributed by atoms with Gasteiger partial charge in [0.15, 0.2) is 0 Å². The average molecular weight is 156 g/mol. The molecule has 0 aliphatic rings. The van der Waals surface area contributed by atoms with Crippen LogP contribution >= 0.6 is 0 Å². The van der Waals surface area contributed by atoms with E-state index in [1.165, 1.54) is 6.08 Å². The minimum absolute atomic E-state index is 0.0217. The molecule has 0 rings (SSSR count). The molecule has 0 saturated heterocycles. The zero-order chi connectivity index (χ0) is 8.69. The second kappa shape index (κ2) is 5.68. The zero-order valence-electron chi connectivity index (χ0n) is 6.65. The van der Waals surface area contributed by atoms with Crippen LogP contribution in [0.25, 0.3) is 0 Å². The number of hydrogen-bond acceptors (Lipinski definition) is 2. The molecule has 0 spiro atoms. The molecule has 1 unspecified atom stereocenters. The maximum atomic E-state index is 9.96. The van der Waals surface area contributed by atoms with E-state index < -0.39 is 5.97 Å². The number of methoxy groups -OCH3 is 1. The van der Waals surface area contributed by atoms with E-state index in [2.05, 4.69) is 0 Å². The second-order valence-corrected chi connectivity index (χ2v) is 2.02. The molecule has 11 heavy (non-hydrogen) atoms. The summed E-state index contributed by atoms with van der Waals surface area (Å²) < 4.78 is 4.89. The molecule has 0 saturated carbocycles. The van der Waals surface area contributed by atoms with Gasteiger partial charge in [0.05, 0.1) is 6.10 Å². The van der Waals surface area contributed by atoms with Gasteiger partial charge in [-0.25, -0.2) is 4.79 Å². The fourth-order valence-corrected chi connectivity index (χ4v) is 0.437. The van der Waals surface area contributed by atoms with Crippen molar-refractivity contribution in [1.82, 2.24) is 0 Å². The molecule has 0 aliphatic heterocycles. The van der Waals surface area contributed by atoms with E-state index in [1.54, 1.807) is 19.3 Å². The molecule has 0 aromatic rings. The van der Waals surface area contributed by atoms with Crippen molar-refractivity contribution in [2.75, 3.05) is 7.11 Å². The average Bonchev–Trinajstić information content (AvgIpc) is 1.97. The van der Waals surface area contributed by atoms with Crippen molar-refractivity contribution in [3.05, 3.63) is 24.3 Å². The van der Waals surface area contributed by atoms with Crippen molar-refractivity contribution in [2.24, 2.45) is 0 Å². The molecule has 3 nitrogen and oxygen atoms in total. The van der Waals surface area contributed by atoms with Crippen molar-refractivity contribution in [3.63, 3.8) is 0 Å². The minimum Gasteiger partial charge on any atom is -0.478 e. The van der Waals surface area contributed by atoms with Gasteiger partial charge in [-0.05, 0) is 6.92 Å². The van der Waals surface area contributed by atoms with E-state index in [9.17, 15) is 4.79 Å². The van der Waals surface area contributed by atoms with Crippen LogP contribution < -0.4 is 0 Å². The van der Waals surface area contributed by atoms with E-state index in [4.69, 9.17) is 9.84 Å². The predicted octanol–water partition coefficient (Wildman–Crippen LogP) is 1.22. The first kappa shape index (κ1) is 9.91. The van der Waals surface area contributed by atoms with E-state index in [1.807, 2.05) is 6.92 Å². The Morgan fingerprint density at radius 2 is 2.18 bits per heavy atom. The monoisotopic (exact) mass is 156 g/mol. The highest BCUT2D eigenvalue weighted by atomic mass is 16.5. The van der Waals surface area contributed by atoms with Crippen molar-refractivity contribution in [1.29, 1.82) is 0 Å². The van der Waals surface area contributed by atoms with E-state index in [0.29, 0.717) is 0 Å². The summed E-state index contributed by atoms with van der Waals surface area (Å²) in [4.78, 5) is 9.96. The van der Waals surface area contributed by atoms with Crippen LogP contribution in [-0.4, -0.2) is 24.3 Å². The fourth-order valence-electron chi connectivity index (χ4n) is 0.437. The maximum Gasteiger partial charge on any atom is 0.328 e. The van der Waals surface area contributed by atoms with Crippen LogP contribution in [0.4, 0.5) is 0 Å². The van der Waals surface area contributed by atoms with Gasteiger partial charge >= 0.3 is 5.97 Å². The molecular weight excluding hydrogens is 144 g/mol. The SMILES string of the molecule is COC(C)/C=C/C=C/C(=O)O. The Kier molecular flexibility index (Phi) is 5.11. The normalized spacial score (nSPS) is 14.4. The predicted molar refractivity (Wildman–Crippen MR) is 42.4 cm³/mol. The molecule has 0 aliphatic carbocycles. The maximum absolute atomic E-state index is 9.96. The van der Waals surface area contributed by atoms with Crippen LogP contribution in [-0.2, 0) is 9.53 Å². The van der Waals surface area contributed by atoms with Gasteiger partial charge in [-0.3, -0.25) is 0 Å². The molecule has 3 heteroatoms. The first-order valence-corrected chi connectivity index (χ1v) is 3.27. The highest BCUT2D eigenvalue weighted by Gasteiger charge is 1.87. The summed E-state index contributed by atoms with van der Waals surface area (Å²) in [5.41, 5.74) is 0. The van der Waals surface area contributed by atoms with E-state index >= 15 is 0 Å². The van der Waals surface area contributed by atoms with Crippen LogP contribution in [0.15, 0.2) is 24.3 Å². The third-order valence-corrected chi connectivity index (χ3v) is 1.10. The van der Waals surface area contributed by atoms with Crippen molar-refractivity contribution >= 4 is 5.97 Å². The number of carbonyl (C=O) groups is 1. The number of carboxylic acid groups (broad SMARTS) is 1. The van der Waals surface area contributed by atoms with Crippen LogP contribution in [0.3, 0.4) is 0 Å². The summed E-state index contributed by atoms with van der Waals surface area (Å²) in [5, 5.41) is 8.18. The number of aliphatic carboxylic acids is 1. The van der Waals surface area contributed by atoms with Crippen LogP contribution in [0.1, 0.15) is 6.92 Å². The molecule has 0 bridgehead atoms. The largest absolute Gasteiger partial charge is 0.478 e. The lowest BCUT2D eigenvalue weighted by Gasteiger charge is -1.99. The lowest BCUT2D eigenvalue weighted by molar-refractivity contribution is -0.131. The van der Waals surface area contributed by atoms with Gasteiger partial charge in [0.2, 0.25) is 0 Å². The zero-order valence-corrected chi connectivity index (χ0v) is 6.65. The first-order chi connectivity index (χ1) is 5.16. The lowest BCUT2D eigenvalue weighted by atomic mass is 10.3. The van der Waals surface area contributed by atoms with Gasteiger partial charge in [-0.2, -0.15) is 0 Å². The van der Waals surface area contributed by atoms with Gasteiger partial charge in [0.1, 0.15) is 0 Å². The molecule has 62 valence electrons. The molecular formula is C8H12O3. The summed E-state index contributed by atoms with van der Waals surface area (Å²) in [6, 6.07) is 0. The quantitative estimate of drug-likeness (QED) is 0.491. The first-order valence-electron chi connectivity index (χ1n) is 3.27. The molecule has 0 heterocycles. The van der Waals surface area contributed by atoms with Crippen molar-refractivity contribution < 1.29 is 14.6 Å². The van der Waals surface area contributed by atoms with Gasteiger partial charge in [0.25, 0.3) is 0 Å². The second-order valence-electron chi connectivity index (χ2n) is 2.02. The Labute approximate surface area is 66.0 Å². The van der Waals surface area contributed by atoms with Crippen LogP contribution in [0.2, 0.25) is 0 Å². The Morgan fingerprint density at radius 1 is 1.55 bits per heavy atom. The number of ether oxygens (including phenoxy) is 1. The Morgan fingerprint density at radius 3 is 2.64 bits per heavy atom. The minimum atomic E-state index is -0.945. The summed E-state index contributed by atoms with van der Waals surface area (Å²) in [7, 11) is 1.59. The smallest absolute Gasteiger partial charge is 0.328 e. The van der Waals surface area contributed by atoms with Crippen molar-refractivity contribution in [2.45, 2.75) is 13.0 Å². The molecule has 1 atom stereocenters. The summed E-state index contributed by atoms with van der Waals surface area (Å²) in [5.74, 6) is -0.945. The van der Waals surface area contributed by atoms with Gasteiger partial charge in [-0.15, -0.1) is 0 Å². The van der Waals surface area contributed by atoms with Crippen LogP contribution in [0.5, 0.6) is 0 Å². The summed E-state index contributed by atoms with van der Waals surface area (Å²) >= 11 is 0. The van der Waals surface area contributed by atoms with Gasteiger partial charge in [0, 0.05) is 13.2 Å². The number of carboxylic acids is 1. The third-order valence-electron chi connectivity index (χ3n) is 1.10.